The van der Waals surface area contributed by atoms with E-state index in [-0.39, 0.29) is 29.3 Å². The molecule has 2 amide bonds. The van der Waals surface area contributed by atoms with Crippen LogP contribution in [0.5, 0.6) is 5.75 Å². The number of anilines is 2. The number of nitrogens with one attached hydrogen (secondary N) is 2. The minimum absolute atomic E-state index is 0.136. The molecule has 30 heavy (non-hydrogen) atoms. The lowest BCUT2D eigenvalue weighted by Crippen LogP contribution is -2.18. The Bertz CT molecular complexity index is 838. The number of ether oxygens (including phenoxy) is 2. The summed E-state index contributed by atoms with van der Waals surface area (Å²) < 4.78 is 10.4. The second-order valence-corrected chi connectivity index (χ2v) is 7.25. The highest BCUT2D eigenvalue weighted by Gasteiger charge is 2.09. The van der Waals surface area contributed by atoms with Crippen molar-refractivity contribution in [2.45, 2.75) is 20.3 Å². The lowest BCUT2D eigenvalue weighted by atomic mass is 10.2. The molecule has 0 fully saturated rings. The highest BCUT2D eigenvalue weighted by molar-refractivity contribution is 8.00. The van der Waals surface area contributed by atoms with E-state index in [9.17, 15) is 14.4 Å². The Hall–Kier alpha value is -3.00. The Kier molecular flexibility index (Phi) is 9.73. The molecule has 0 saturated heterocycles. The van der Waals surface area contributed by atoms with E-state index in [1.807, 2.05) is 13.8 Å². The van der Waals surface area contributed by atoms with Gasteiger partial charge in [0.2, 0.25) is 11.8 Å². The van der Waals surface area contributed by atoms with Gasteiger partial charge in [-0.15, -0.1) is 11.8 Å². The minimum Gasteiger partial charge on any atom is -0.494 e. The predicted molar refractivity (Wildman–Crippen MR) is 119 cm³/mol. The van der Waals surface area contributed by atoms with Gasteiger partial charge in [0, 0.05) is 11.4 Å². The first kappa shape index (κ1) is 23.3. The summed E-state index contributed by atoms with van der Waals surface area (Å²) in [6, 6.07) is 13.6. The van der Waals surface area contributed by atoms with E-state index >= 15 is 0 Å². The van der Waals surface area contributed by atoms with Gasteiger partial charge in [-0.2, -0.15) is 0 Å². The molecule has 7 nitrogen and oxygen atoms in total. The van der Waals surface area contributed by atoms with Crippen LogP contribution in [0.25, 0.3) is 0 Å². The van der Waals surface area contributed by atoms with Crippen LogP contribution in [0.1, 0.15) is 30.6 Å². The summed E-state index contributed by atoms with van der Waals surface area (Å²) in [6.45, 7) is 4.79. The summed E-state index contributed by atoms with van der Waals surface area (Å²) in [6.07, 6.45) is 0.760. The average molecular weight is 431 g/mol. The quantitative estimate of drug-likeness (QED) is 0.524. The van der Waals surface area contributed by atoms with Crippen molar-refractivity contribution in [3.63, 3.8) is 0 Å². The van der Waals surface area contributed by atoms with Crippen LogP contribution in [-0.4, -0.2) is 42.5 Å². The maximum Gasteiger partial charge on any atom is 0.338 e. The van der Waals surface area contributed by atoms with Gasteiger partial charge in [-0.25, -0.2) is 4.79 Å². The van der Waals surface area contributed by atoms with Gasteiger partial charge in [0.05, 0.1) is 30.3 Å². The summed E-state index contributed by atoms with van der Waals surface area (Å²) in [7, 11) is 0. The monoisotopic (exact) mass is 430 g/mol. The third-order valence-electron chi connectivity index (χ3n) is 3.76. The van der Waals surface area contributed by atoms with Gasteiger partial charge >= 0.3 is 5.97 Å². The van der Waals surface area contributed by atoms with Crippen LogP contribution >= 0.6 is 11.8 Å². The molecule has 2 aromatic rings. The molecular weight excluding hydrogens is 404 g/mol. The van der Waals surface area contributed by atoms with Crippen molar-refractivity contribution in [3.8, 4) is 5.75 Å². The van der Waals surface area contributed by atoms with Gasteiger partial charge in [0.15, 0.2) is 0 Å². The number of hydrogen-bond acceptors (Lipinski definition) is 6. The zero-order chi connectivity index (χ0) is 21.8. The Morgan fingerprint density at radius 2 is 1.37 bits per heavy atom. The van der Waals surface area contributed by atoms with Crippen LogP contribution in [0, 0.1) is 0 Å². The third-order valence-corrected chi connectivity index (χ3v) is 4.69. The normalized spacial score (nSPS) is 10.2. The summed E-state index contributed by atoms with van der Waals surface area (Å²) in [5.74, 6) is 0.234. The zero-order valence-corrected chi connectivity index (χ0v) is 17.9. The van der Waals surface area contributed by atoms with Crippen LogP contribution < -0.4 is 15.4 Å². The highest BCUT2D eigenvalue weighted by Crippen LogP contribution is 2.16. The summed E-state index contributed by atoms with van der Waals surface area (Å²) in [4.78, 5) is 35.8. The molecule has 0 saturated carbocycles. The maximum atomic E-state index is 12.0. The fourth-order valence-electron chi connectivity index (χ4n) is 2.40. The molecule has 0 bridgehead atoms. The van der Waals surface area contributed by atoms with Gasteiger partial charge in [-0.1, -0.05) is 6.92 Å². The van der Waals surface area contributed by atoms with Crippen molar-refractivity contribution >= 4 is 40.9 Å². The van der Waals surface area contributed by atoms with Crippen molar-refractivity contribution in [2.24, 2.45) is 0 Å². The number of benzene rings is 2. The second kappa shape index (κ2) is 12.5. The number of rotatable bonds is 11. The molecular formula is C22H26N2O5S. The zero-order valence-electron chi connectivity index (χ0n) is 17.1. The van der Waals surface area contributed by atoms with Crippen molar-refractivity contribution in [1.29, 1.82) is 0 Å². The first-order valence-corrected chi connectivity index (χ1v) is 10.8. The summed E-state index contributed by atoms with van der Waals surface area (Å²) in [5, 5.41) is 5.51. The number of amides is 2. The van der Waals surface area contributed by atoms with Crippen LogP contribution in [0.4, 0.5) is 11.4 Å². The molecule has 0 aromatic heterocycles. The topological polar surface area (TPSA) is 93.7 Å². The van der Waals surface area contributed by atoms with E-state index in [1.165, 1.54) is 11.8 Å². The molecule has 2 N–H and O–H groups in total. The number of carbonyl (C=O) groups is 3. The second-order valence-electron chi connectivity index (χ2n) is 6.26. The van der Waals surface area contributed by atoms with E-state index < -0.39 is 0 Å². The SMILES string of the molecule is CCCOC(=O)c1ccc(NC(=O)CSCC(=O)Nc2ccc(OCC)cc2)cc1. The Morgan fingerprint density at radius 1 is 0.833 bits per heavy atom. The Labute approximate surface area is 180 Å². The summed E-state index contributed by atoms with van der Waals surface area (Å²) >= 11 is 1.21. The molecule has 0 spiro atoms. The largest absolute Gasteiger partial charge is 0.494 e. The molecule has 0 heterocycles. The molecule has 8 heteroatoms. The smallest absolute Gasteiger partial charge is 0.338 e. The van der Waals surface area contributed by atoms with Crippen molar-refractivity contribution < 1.29 is 23.9 Å². The molecule has 2 aromatic carbocycles. The van der Waals surface area contributed by atoms with Crippen molar-refractivity contribution in [1.82, 2.24) is 0 Å². The van der Waals surface area contributed by atoms with Gasteiger partial charge in [0.1, 0.15) is 5.75 Å². The lowest BCUT2D eigenvalue weighted by Gasteiger charge is -2.08. The first-order valence-electron chi connectivity index (χ1n) is 9.69. The molecule has 0 aliphatic carbocycles. The fourth-order valence-corrected chi connectivity index (χ4v) is 3.02. The Morgan fingerprint density at radius 3 is 1.87 bits per heavy atom. The minimum atomic E-state index is -0.385. The van der Waals surface area contributed by atoms with E-state index in [0.29, 0.717) is 30.2 Å². The maximum absolute atomic E-state index is 12.0. The van der Waals surface area contributed by atoms with Crippen molar-refractivity contribution in [2.75, 3.05) is 35.4 Å². The van der Waals surface area contributed by atoms with E-state index in [1.54, 1.807) is 48.5 Å². The average Bonchev–Trinajstić information content (AvgIpc) is 2.74. The van der Waals surface area contributed by atoms with Gasteiger partial charge < -0.3 is 20.1 Å². The molecule has 0 aliphatic rings. The molecule has 160 valence electrons. The molecule has 2 rings (SSSR count). The number of thioether (sulfide) groups is 1. The van der Waals surface area contributed by atoms with Gasteiger partial charge in [0.25, 0.3) is 0 Å². The van der Waals surface area contributed by atoms with Crippen LogP contribution in [0.2, 0.25) is 0 Å². The van der Waals surface area contributed by atoms with E-state index in [0.717, 1.165) is 12.2 Å². The first-order chi connectivity index (χ1) is 14.5. The third kappa shape index (κ3) is 8.16. The van der Waals surface area contributed by atoms with E-state index in [4.69, 9.17) is 9.47 Å². The van der Waals surface area contributed by atoms with Crippen LogP contribution in [0.15, 0.2) is 48.5 Å². The van der Waals surface area contributed by atoms with Gasteiger partial charge in [-0.3, -0.25) is 9.59 Å². The molecule has 0 atom stereocenters. The number of hydrogen-bond donors (Lipinski definition) is 2. The van der Waals surface area contributed by atoms with E-state index in [2.05, 4.69) is 10.6 Å². The Balaban J connectivity index is 1.70. The molecule has 0 radical (unpaired) electrons. The molecule has 0 unspecified atom stereocenters. The predicted octanol–water partition coefficient (Wildman–Crippen LogP) is 3.96. The van der Waals surface area contributed by atoms with Crippen LogP contribution in [0.3, 0.4) is 0 Å². The van der Waals surface area contributed by atoms with Gasteiger partial charge in [-0.05, 0) is 61.9 Å². The molecule has 0 aliphatic heterocycles. The summed E-state index contributed by atoms with van der Waals surface area (Å²) in [5.41, 5.74) is 1.68. The van der Waals surface area contributed by atoms with Crippen molar-refractivity contribution in [3.05, 3.63) is 54.1 Å². The fraction of sp³-hybridized carbons (Fsp3) is 0.318. The van der Waals surface area contributed by atoms with Crippen LogP contribution in [-0.2, 0) is 14.3 Å². The standard InChI is InChI=1S/C22H26N2O5S/c1-3-13-29-22(27)16-5-7-17(8-6-16)23-20(25)14-30-15-21(26)24-18-9-11-19(12-10-18)28-4-2/h5-12H,3-4,13-15H2,1-2H3,(H,23,25)(H,24,26). The number of esters is 1. The lowest BCUT2D eigenvalue weighted by molar-refractivity contribution is -0.114. The number of carbonyl (C=O) groups excluding carboxylic acids is 3. The highest BCUT2D eigenvalue weighted by atomic mass is 32.2.